The first kappa shape index (κ1) is 21.5. The lowest BCUT2D eigenvalue weighted by Gasteiger charge is -2.24. The van der Waals surface area contributed by atoms with Crippen molar-refractivity contribution in [2.45, 2.75) is 42.4 Å². The first-order chi connectivity index (χ1) is 14.4. The molecule has 9 nitrogen and oxygen atoms in total. The number of amides is 3. The molecule has 1 N–H and O–H groups in total. The second kappa shape index (κ2) is 9.21. The highest BCUT2D eigenvalue weighted by Crippen LogP contribution is 2.30. The molecule has 0 bridgehead atoms. The Labute approximate surface area is 181 Å². The Balaban J connectivity index is 1.33. The lowest BCUT2D eigenvalue weighted by molar-refractivity contribution is -0.140. The van der Waals surface area contributed by atoms with Gasteiger partial charge in [-0.25, -0.2) is 13.2 Å². The van der Waals surface area contributed by atoms with Crippen LogP contribution in [0.1, 0.15) is 32.1 Å². The van der Waals surface area contributed by atoms with Crippen LogP contribution in [0, 0.1) is 0 Å². The Bertz CT molecular complexity index is 875. The molecule has 1 unspecified atom stereocenters. The first-order valence-corrected chi connectivity index (χ1v) is 12.8. The maximum absolute atomic E-state index is 12.7. The number of anilines is 1. The molecule has 0 saturated carbocycles. The third-order valence-electron chi connectivity index (χ3n) is 5.77. The lowest BCUT2D eigenvalue weighted by Crippen LogP contribution is -2.42. The van der Waals surface area contributed by atoms with Crippen molar-refractivity contribution in [2.24, 2.45) is 0 Å². The Hall–Kier alpha value is -1.69. The number of ether oxygens (including phenoxy) is 1. The molecule has 0 aromatic carbocycles. The summed E-state index contributed by atoms with van der Waals surface area (Å²) in [4.78, 5) is 28.7. The van der Waals surface area contributed by atoms with Crippen molar-refractivity contribution in [3.63, 3.8) is 0 Å². The molecule has 4 heterocycles. The molecular weight excluding hydrogens is 428 g/mol. The summed E-state index contributed by atoms with van der Waals surface area (Å²) in [7, 11) is -3.48. The van der Waals surface area contributed by atoms with Gasteiger partial charge in [-0.1, -0.05) is 0 Å². The molecule has 166 valence electrons. The van der Waals surface area contributed by atoms with Crippen LogP contribution < -0.4 is 5.32 Å². The minimum atomic E-state index is -3.48. The molecule has 3 amide bonds. The van der Waals surface area contributed by atoms with E-state index in [1.165, 1.54) is 4.31 Å². The number of sulfonamides is 1. The van der Waals surface area contributed by atoms with Gasteiger partial charge in [0, 0.05) is 45.9 Å². The number of nitrogens with one attached hydrogen (secondary N) is 1. The van der Waals surface area contributed by atoms with Gasteiger partial charge >= 0.3 is 6.03 Å². The normalized spacial score (nSPS) is 23.5. The minimum Gasteiger partial charge on any atom is -0.368 e. The van der Waals surface area contributed by atoms with Crippen molar-refractivity contribution in [3.8, 4) is 0 Å². The summed E-state index contributed by atoms with van der Waals surface area (Å²) in [5.41, 5.74) is 0. The standard InChI is InChI=1S/C19H28N4O5S2/c24-18(15-5-3-14-28-15)21-8-4-9-22(13-12-21)19(25)20-16-6-7-17(29-16)30(26,27)23-10-1-2-11-23/h6-7,15H,1-5,8-14H2,(H,20,25). The fourth-order valence-electron chi connectivity index (χ4n) is 4.08. The van der Waals surface area contributed by atoms with Gasteiger partial charge in [0.05, 0.1) is 5.00 Å². The van der Waals surface area contributed by atoms with E-state index in [-0.39, 0.29) is 22.3 Å². The van der Waals surface area contributed by atoms with Gasteiger partial charge in [-0.05, 0) is 44.2 Å². The maximum atomic E-state index is 12.7. The first-order valence-electron chi connectivity index (χ1n) is 10.5. The quantitative estimate of drug-likeness (QED) is 0.745. The Morgan fingerprint density at radius 3 is 2.43 bits per heavy atom. The lowest BCUT2D eigenvalue weighted by atomic mass is 10.2. The predicted molar refractivity (Wildman–Crippen MR) is 113 cm³/mol. The van der Waals surface area contributed by atoms with Crippen LogP contribution in [0.5, 0.6) is 0 Å². The molecule has 0 spiro atoms. The fourth-order valence-corrected chi connectivity index (χ4v) is 6.95. The number of hydrogen-bond acceptors (Lipinski definition) is 6. The van der Waals surface area contributed by atoms with Gasteiger partial charge in [0.25, 0.3) is 15.9 Å². The van der Waals surface area contributed by atoms with Crippen molar-refractivity contribution in [1.29, 1.82) is 0 Å². The Kier molecular flexibility index (Phi) is 6.61. The molecule has 11 heteroatoms. The molecule has 1 atom stereocenters. The fraction of sp³-hybridized carbons (Fsp3) is 0.684. The van der Waals surface area contributed by atoms with Crippen molar-refractivity contribution >= 4 is 38.3 Å². The molecule has 4 rings (SSSR count). The molecule has 0 radical (unpaired) electrons. The molecule has 3 saturated heterocycles. The van der Waals surface area contributed by atoms with Crippen LogP contribution in [0.4, 0.5) is 9.80 Å². The second-order valence-corrected chi connectivity index (χ2v) is 11.1. The van der Waals surface area contributed by atoms with Crippen molar-refractivity contribution in [1.82, 2.24) is 14.1 Å². The van der Waals surface area contributed by atoms with Gasteiger partial charge < -0.3 is 14.5 Å². The number of rotatable bonds is 4. The number of carbonyl (C=O) groups is 2. The van der Waals surface area contributed by atoms with Gasteiger partial charge in [-0.3, -0.25) is 10.1 Å². The molecule has 1 aromatic heterocycles. The Morgan fingerprint density at radius 2 is 1.70 bits per heavy atom. The van der Waals surface area contributed by atoms with Crippen molar-refractivity contribution < 1.29 is 22.7 Å². The van der Waals surface area contributed by atoms with Crippen molar-refractivity contribution in [3.05, 3.63) is 12.1 Å². The van der Waals surface area contributed by atoms with E-state index < -0.39 is 10.0 Å². The van der Waals surface area contributed by atoms with E-state index >= 15 is 0 Å². The number of urea groups is 1. The molecule has 30 heavy (non-hydrogen) atoms. The highest BCUT2D eigenvalue weighted by Gasteiger charge is 2.31. The molecule has 3 aliphatic heterocycles. The van der Waals surface area contributed by atoms with E-state index in [4.69, 9.17) is 4.74 Å². The topological polar surface area (TPSA) is 99.3 Å². The van der Waals surface area contributed by atoms with E-state index in [2.05, 4.69) is 5.32 Å². The molecular formula is C19H28N4O5S2. The Morgan fingerprint density at radius 1 is 0.967 bits per heavy atom. The largest absolute Gasteiger partial charge is 0.368 e. The number of carbonyl (C=O) groups excluding carboxylic acids is 2. The van der Waals surface area contributed by atoms with E-state index in [0.29, 0.717) is 57.3 Å². The van der Waals surface area contributed by atoms with Gasteiger partial charge in [0.15, 0.2) is 0 Å². The maximum Gasteiger partial charge on any atom is 0.322 e. The zero-order chi connectivity index (χ0) is 21.1. The van der Waals surface area contributed by atoms with E-state index in [1.54, 1.807) is 21.9 Å². The number of nitrogens with zero attached hydrogens (tertiary/aromatic N) is 3. The van der Waals surface area contributed by atoms with Gasteiger partial charge in [0.1, 0.15) is 10.3 Å². The molecule has 3 aliphatic rings. The van der Waals surface area contributed by atoms with Crippen LogP contribution in [0.3, 0.4) is 0 Å². The summed E-state index contributed by atoms with van der Waals surface area (Å²) in [5, 5.41) is 3.32. The highest BCUT2D eigenvalue weighted by molar-refractivity contribution is 7.91. The van der Waals surface area contributed by atoms with E-state index in [9.17, 15) is 18.0 Å². The van der Waals surface area contributed by atoms with Crippen molar-refractivity contribution in [2.75, 3.05) is 51.2 Å². The minimum absolute atomic E-state index is 0.0183. The average Bonchev–Trinajstić information content (AvgIpc) is 3.48. The summed E-state index contributed by atoms with van der Waals surface area (Å²) < 4.78 is 32.6. The average molecular weight is 457 g/mol. The van der Waals surface area contributed by atoms with Crippen LogP contribution in [-0.2, 0) is 19.6 Å². The van der Waals surface area contributed by atoms with Crippen LogP contribution >= 0.6 is 11.3 Å². The second-order valence-electron chi connectivity index (χ2n) is 7.83. The highest BCUT2D eigenvalue weighted by atomic mass is 32.2. The summed E-state index contributed by atoms with van der Waals surface area (Å²) in [6.07, 6.45) is 3.80. The zero-order valence-electron chi connectivity index (χ0n) is 16.9. The zero-order valence-corrected chi connectivity index (χ0v) is 18.5. The smallest absolute Gasteiger partial charge is 0.322 e. The summed E-state index contributed by atoms with van der Waals surface area (Å²) in [6, 6.07) is 2.92. The molecule has 1 aromatic rings. The van der Waals surface area contributed by atoms with Crippen LogP contribution in [-0.4, -0.2) is 86.4 Å². The van der Waals surface area contributed by atoms with Gasteiger partial charge in [-0.2, -0.15) is 4.31 Å². The summed E-state index contributed by atoms with van der Waals surface area (Å²) >= 11 is 1.08. The SMILES string of the molecule is O=C(Nc1ccc(S(=O)(=O)N2CCCC2)s1)N1CCCN(C(=O)C2CCCO2)CC1. The van der Waals surface area contributed by atoms with Crippen LogP contribution in [0.2, 0.25) is 0 Å². The summed E-state index contributed by atoms with van der Waals surface area (Å²) in [6.45, 7) is 3.81. The monoisotopic (exact) mass is 456 g/mol. The molecule has 0 aliphatic carbocycles. The van der Waals surface area contributed by atoms with Crippen LogP contribution in [0.15, 0.2) is 16.3 Å². The van der Waals surface area contributed by atoms with Gasteiger partial charge in [0.2, 0.25) is 0 Å². The van der Waals surface area contributed by atoms with Crippen LogP contribution in [0.25, 0.3) is 0 Å². The van der Waals surface area contributed by atoms with E-state index in [1.807, 2.05) is 0 Å². The third-order valence-corrected chi connectivity index (χ3v) is 9.14. The predicted octanol–water partition coefficient (Wildman–Crippen LogP) is 1.78. The van der Waals surface area contributed by atoms with E-state index in [0.717, 1.165) is 37.0 Å². The molecule has 3 fully saturated rings. The number of hydrogen-bond donors (Lipinski definition) is 1. The number of thiophene rings is 1. The summed E-state index contributed by atoms with van der Waals surface area (Å²) in [5.74, 6) is 0.0183. The third kappa shape index (κ3) is 4.63. The van der Waals surface area contributed by atoms with Gasteiger partial charge in [-0.15, -0.1) is 11.3 Å².